The van der Waals surface area contributed by atoms with Crippen molar-refractivity contribution in [1.29, 1.82) is 0 Å². The number of nitro benzene ring substituents is 1. The number of hydrogen-bond acceptors (Lipinski definition) is 6. The Hall–Kier alpha value is -3.75. The Morgan fingerprint density at radius 2 is 2.04 bits per heavy atom. The topological polar surface area (TPSA) is 114 Å². The van der Waals surface area contributed by atoms with Crippen LogP contribution >= 0.6 is 0 Å². The van der Waals surface area contributed by atoms with Crippen molar-refractivity contribution in [3.63, 3.8) is 0 Å². The second kappa shape index (κ2) is 7.43. The van der Waals surface area contributed by atoms with Gasteiger partial charge in [-0.1, -0.05) is 30.3 Å². The summed E-state index contributed by atoms with van der Waals surface area (Å²) in [5, 5.41) is 23.0. The number of phenolic OH excluding ortho intramolecular Hbond substituents is 1. The number of aromatic hydroxyl groups is 1. The minimum atomic E-state index is -0.733. The molecule has 9 nitrogen and oxygen atoms in total. The Kier molecular flexibility index (Phi) is 4.88. The summed E-state index contributed by atoms with van der Waals surface area (Å²) in [7, 11) is 0. The summed E-state index contributed by atoms with van der Waals surface area (Å²) in [6.45, 7) is 0.209. The maximum Gasteiger partial charge on any atom is 0.329 e. The molecule has 0 bridgehead atoms. The smallest absolute Gasteiger partial charge is 0.329 e. The van der Waals surface area contributed by atoms with Crippen molar-refractivity contribution in [3.05, 3.63) is 76.4 Å². The zero-order chi connectivity index (χ0) is 18.5. The highest BCUT2D eigenvalue weighted by Gasteiger charge is 2.24. The number of carbonyl (C=O) groups excluding carboxylic acids is 1. The van der Waals surface area contributed by atoms with Gasteiger partial charge in [0.1, 0.15) is 6.26 Å². The minimum Gasteiger partial charge on any atom is -0.502 e. The van der Waals surface area contributed by atoms with Crippen LogP contribution in [0.3, 0.4) is 0 Å². The van der Waals surface area contributed by atoms with Gasteiger partial charge < -0.3 is 19.9 Å². The third-order valence-electron chi connectivity index (χ3n) is 3.58. The molecule has 2 aromatic rings. The molecule has 0 radical (unpaired) electrons. The zero-order valence-electron chi connectivity index (χ0n) is 13.5. The van der Waals surface area contributed by atoms with Crippen LogP contribution in [-0.4, -0.2) is 27.8 Å². The fraction of sp³-hybridized carbons (Fsp3) is 0.118. The predicted molar refractivity (Wildman–Crippen MR) is 90.9 cm³/mol. The second-order valence-electron chi connectivity index (χ2n) is 5.35. The van der Waals surface area contributed by atoms with Crippen LogP contribution in [-0.2, 0) is 16.0 Å². The van der Waals surface area contributed by atoms with Crippen molar-refractivity contribution in [1.82, 2.24) is 4.90 Å². The quantitative estimate of drug-likeness (QED) is 0.483. The summed E-state index contributed by atoms with van der Waals surface area (Å²) >= 11 is 0. The number of ether oxygens (including phenoxy) is 2. The monoisotopic (exact) mass is 357 g/mol. The van der Waals surface area contributed by atoms with E-state index in [1.807, 2.05) is 30.3 Å². The Bertz CT molecular complexity index is 853. The molecule has 0 unspecified atom stereocenters. The van der Waals surface area contributed by atoms with Gasteiger partial charge in [0.15, 0.2) is 5.75 Å². The van der Waals surface area contributed by atoms with E-state index in [9.17, 15) is 20.0 Å². The van der Waals surface area contributed by atoms with Gasteiger partial charge in [-0.15, -0.1) is 0 Å². The standard InChI is InChI=1S/C17H15N3O6/c21-15-7-6-13(8-14(15)20(23)24)18-17(22)19(16-10-25-11-26-16)9-12-4-2-1-3-5-12/h1-8,10,21H,9,11H2,(H,18,22). The van der Waals surface area contributed by atoms with Gasteiger partial charge >= 0.3 is 11.7 Å². The molecule has 134 valence electrons. The van der Waals surface area contributed by atoms with Gasteiger partial charge in [0.2, 0.25) is 12.7 Å². The number of urea groups is 1. The lowest BCUT2D eigenvalue weighted by atomic mass is 10.2. The third kappa shape index (κ3) is 3.83. The van der Waals surface area contributed by atoms with Crippen molar-refractivity contribution in [2.24, 2.45) is 0 Å². The first-order chi connectivity index (χ1) is 12.5. The molecule has 0 atom stereocenters. The van der Waals surface area contributed by atoms with Crippen molar-refractivity contribution in [3.8, 4) is 5.75 Å². The van der Waals surface area contributed by atoms with Crippen molar-refractivity contribution in [2.75, 3.05) is 12.1 Å². The van der Waals surface area contributed by atoms with E-state index in [2.05, 4.69) is 5.32 Å². The third-order valence-corrected chi connectivity index (χ3v) is 3.58. The van der Waals surface area contributed by atoms with Crippen LogP contribution in [0, 0.1) is 10.1 Å². The van der Waals surface area contributed by atoms with Crippen molar-refractivity contribution < 1.29 is 24.3 Å². The highest BCUT2D eigenvalue weighted by atomic mass is 16.7. The molecule has 0 aliphatic carbocycles. The largest absolute Gasteiger partial charge is 0.502 e. The maximum atomic E-state index is 12.7. The van der Waals surface area contributed by atoms with Crippen LogP contribution in [0.2, 0.25) is 0 Å². The molecule has 1 aliphatic rings. The van der Waals surface area contributed by atoms with Crippen LogP contribution in [0.25, 0.3) is 0 Å². The summed E-state index contributed by atoms with van der Waals surface area (Å²) in [5.74, 6) is -0.260. The number of nitrogens with one attached hydrogen (secondary N) is 1. The van der Waals surface area contributed by atoms with Gasteiger partial charge in [0.25, 0.3) is 0 Å². The van der Waals surface area contributed by atoms with Gasteiger partial charge in [0, 0.05) is 11.8 Å². The number of benzene rings is 2. The van der Waals surface area contributed by atoms with Crippen LogP contribution < -0.4 is 5.32 Å². The lowest BCUT2D eigenvalue weighted by molar-refractivity contribution is -0.385. The van der Waals surface area contributed by atoms with Crippen molar-refractivity contribution in [2.45, 2.75) is 6.54 Å². The maximum absolute atomic E-state index is 12.7. The molecule has 1 aliphatic heterocycles. The number of nitrogens with zero attached hydrogens (tertiary/aromatic N) is 2. The van der Waals surface area contributed by atoms with E-state index in [0.717, 1.165) is 17.7 Å². The summed E-state index contributed by atoms with van der Waals surface area (Å²) in [5.41, 5.74) is 0.518. The molecule has 2 N–H and O–H groups in total. The van der Waals surface area contributed by atoms with E-state index >= 15 is 0 Å². The molecule has 0 fully saturated rings. The molecule has 0 spiro atoms. The number of nitro groups is 1. The van der Waals surface area contributed by atoms with Crippen LogP contribution in [0.1, 0.15) is 5.56 Å². The van der Waals surface area contributed by atoms with Gasteiger partial charge in [-0.2, -0.15) is 0 Å². The molecule has 2 aromatic carbocycles. The van der Waals surface area contributed by atoms with E-state index < -0.39 is 22.4 Å². The molecular formula is C17H15N3O6. The number of anilines is 1. The number of hydrogen-bond donors (Lipinski definition) is 2. The summed E-state index contributed by atoms with van der Waals surface area (Å²) in [4.78, 5) is 24.2. The summed E-state index contributed by atoms with van der Waals surface area (Å²) in [6.07, 6.45) is 1.32. The Labute approximate surface area is 148 Å². The number of phenols is 1. The highest BCUT2D eigenvalue weighted by Crippen LogP contribution is 2.29. The lowest BCUT2D eigenvalue weighted by Crippen LogP contribution is -2.34. The SMILES string of the molecule is O=C(Nc1ccc(O)c([N+](=O)[O-])c1)N(Cc1ccccc1)C1=COCO1. The molecule has 26 heavy (non-hydrogen) atoms. The average Bonchev–Trinajstić information content (AvgIpc) is 3.16. The first-order valence-electron chi connectivity index (χ1n) is 7.59. The molecule has 2 amide bonds. The van der Waals surface area contributed by atoms with Crippen LogP contribution in [0.15, 0.2) is 60.7 Å². The van der Waals surface area contributed by atoms with E-state index in [0.29, 0.717) is 0 Å². The molecule has 1 heterocycles. The number of carbonyl (C=O) groups is 1. The fourth-order valence-corrected chi connectivity index (χ4v) is 2.33. The first-order valence-corrected chi connectivity index (χ1v) is 7.59. The van der Waals surface area contributed by atoms with Crippen LogP contribution in [0.4, 0.5) is 16.2 Å². The van der Waals surface area contributed by atoms with Gasteiger partial charge in [0.05, 0.1) is 11.5 Å². The molecular weight excluding hydrogens is 342 g/mol. The number of rotatable bonds is 5. The average molecular weight is 357 g/mol. The lowest BCUT2D eigenvalue weighted by Gasteiger charge is -2.22. The fourth-order valence-electron chi connectivity index (χ4n) is 2.33. The Morgan fingerprint density at radius 1 is 1.27 bits per heavy atom. The van der Waals surface area contributed by atoms with Crippen LogP contribution in [0.5, 0.6) is 5.75 Å². The van der Waals surface area contributed by atoms with E-state index in [-0.39, 0.29) is 24.9 Å². The summed E-state index contributed by atoms with van der Waals surface area (Å²) in [6, 6.07) is 12.3. The van der Waals surface area contributed by atoms with E-state index in [4.69, 9.17) is 9.47 Å². The molecule has 3 rings (SSSR count). The van der Waals surface area contributed by atoms with Gasteiger partial charge in [-0.3, -0.25) is 15.0 Å². The molecule has 0 saturated heterocycles. The Balaban J connectivity index is 1.81. The summed E-state index contributed by atoms with van der Waals surface area (Å²) < 4.78 is 10.3. The molecule has 9 heteroatoms. The Morgan fingerprint density at radius 3 is 2.69 bits per heavy atom. The molecule has 0 saturated carbocycles. The van der Waals surface area contributed by atoms with Gasteiger partial charge in [-0.25, -0.2) is 4.79 Å². The predicted octanol–water partition coefficient (Wildman–Crippen LogP) is 3.14. The highest BCUT2D eigenvalue weighted by molar-refractivity contribution is 5.90. The van der Waals surface area contributed by atoms with E-state index in [1.165, 1.54) is 17.2 Å². The van der Waals surface area contributed by atoms with Crippen molar-refractivity contribution >= 4 is 17.4 Å². The normalized spacial score (nSPS) is 12.5. The second-order valence-corrected chi connectivity index (χ2v) is 5.35. The minimum absolute atomic E-state index is 0.00140. The first kappa shape index (κ1) is 17.1. The van der Waals surface area contributed by atoms with Gasteiger partial charge in [-0.05, 0) is 17.7 Å². The zero-order valence-corrected chi connectivity index (χ0v) is 13.5. The number of amides is 2. The van der Waals surface area contributed by atoms with E-state index in [1.54, 1.807) is 0 Å². The molecule has 0 aromatic heterocycles.